The molecule has 0 heterocycles. The van der Waals surface area contributed by atoms with E-state index < -0.39 is 13.9 Å². The zero-order chi connectivity index (χ0) is 39.1. The molecule has 0 aromatic rings. The minimum Gasteiger partial charge on any atom is -0.457 e. The fourth-order valence-electron chi connectivity index (χ4n) is 5.31. The van der Waals surface area contributed by atoms with Gasteiger partial charge in [-0.05, 0) is 70.6 Å². The maximum Gasteiger partial charge on any atom is 0.472 e. The molecule has 0 spiro atoms. The van der Waals surface area contributed by atoms with Crippen molar-refractivity contribution in [2.75, 3.05) is 54.1 Å². The van der Waals surface area contributed by atoms with Gasteiger partial charge in [0.05, 0.1) is 34.4 Å². The van der Waals surface area contributed by atoms with Gasteiger partial charge in [-0.25, -0.2) is 4.57 Å². The van der Waals surface area contributed by atoms with Crippen LogP contribution in [0.2, 0.25) is 0 Å². The largest absolute Gasteiger partial charge is 0.472 e. The Morgan fingerprint density at radius 1 is 0.604 bits per heavy atom. The van der Waals surface area contributed by atoms with Crippen LogP contribution < -0.4 is 0 Å². The monoisotopic (exact) mass is 767 g/mol. The molecule has 0 saturated heterocycles. The highest BCUT2D eigenvalue weighted by Crippen LogP contribution is 2.43. The zero-order valence-electron chi connectivity index (χ0n) is 34.7. The van der Waals surface area contributed by atoms with Gasteiger partial charge in [0.15, 0.2) is 0 Å². The van der Waals surface area contributed by atoms with Gasteiger partial charge < -0.3 is 18.9 Å². The molecule has 2 atom stereocenters. The summed E-state index contributed by atoms with van der Waals surface area (Å²) in [6.45, 7) is 5.33. The highest BCUT2D eigenvalue weighted by atomic mass is 31.2. The van der Waals surface area contributed by atoms with Gasteiger partial charge in [0, 0.05) is 13.0 Å². The Bertz CT molecular complexity index is 1030. The van der Waals surface area contributed by atoms with Crippen molar-refractivity contribution in [2.24, 2.45) is 0 Å². The number of allylic oxidation sites excluding steroid dienone is 10. The molecule has 8 nitrogen and oxygen atoms in total. The van der Waals surface area contributed by atoms with Crippen molar-refractivity contribution in [1.29, 1.82) is 0 Å². The molecule has 9 heteroatoms. The summed E-state index contributed by atoms with van der Waals surface area (Å²) in [7, 11) is 1.62. The van der Waals surface area contributed by atoms with E-state index in [9.17, 15) is 14.3 Å². The van der Waals surface area contributed by atoms with Crippen molar-refractivity contribution in [2.45, 2.75) is 161 Å². The van der Waals surface area contributed by atoms with E-state index in [1.807, 2.05) is 21.1 Å². The van der Waals surface area contributed by atoms with E-state index in [4.69, 9.17) is 18.5 Å². The average Bonchev–Trinajstić information content (AvgIpc) is 3.11. The third kappa shape index (κ3) is 41.2. The summed E-state index contributed by atoms with van der Waals surface area (Å²) in [6, 6.07) is 0. The predicted octanol–water partition coefficient (Wildman–Crippen LogP) is 12.2. The van der Waals surface area contributed by atoms with Gasteiger partial charge >= 0.3 is 13.8 Å². The topological polar surface area (TPSA) is 91.3 Å². The summed E-state index contributed by atoms with van der Waals surface area (Å²) in [6.07, 6.45) is 45.5. The quantitative estimate of drug-likeness (QED) is 0.0220. The van der Waals surface area contributed by atoms with Crippen LogP contribution in [-0.4, -0.2) is 75.6 Å². The molecule has 0 saturated carbocycles. The fraction of sp³-hybridized carbons (Fsp3) is 0.750. The zero-order valence-corrected chi connectivity index (χ0v) is 35.6. The minimum absolute atomic E-state index is 0.0753. The van der Waals surface area contributed by atoms with Crippen LogP contribution in [0.3, 0.4) is 0 Å². The molecule has 2 unspecified atom stereocenters. The molecule has 53 heavy (non-hydrogen) atoms. The van der Waals surface area contributed by atoms with Crippen LogP contribution in [0.4, 0.5) is 0 Å². The Labute approximate surface area is 326 Å². The van der Waals surface area contributed by atoms with Crippen LogP contribution in [0.1, 0.15) is 155 Å². The molecule has 0 rings (SSSR count). The third-order valence-corrected chi connectivity index (χ3v) is 9.55. The fourth-order valence-corrected chi connectivity index (χ4v) is 6.06. The highest BCUT2D eigenvalue weighted by Gasteiger charge is 2.26. The molecule has 0 aromatic heterocycles. The maximum atomic E-state index is 12.7. The molecule has 0 bridgehead atoms. The van der Waals surface area contributed by atoms with Crippen LogP contribution in [0, 0.1) is 0 Å². The molecule has 0 amide bonds. The van der Waals surface area contributed by atoms with Crippen LogP contribution in [-0.2, 0) is 27.9 Å². The number of phosphoric acid groups is 1. The summed E-state index contributed by atoms with van der Waals surface area (Å²) in [4.78, 5) is 22.8. The molecule has 1 N–H and O–H groups in total. The van der Waals surface area contributed by atoms with Gasteiger partial charge in [-0.1, -0.05) is 139 Å². The summed E-state index contributed by atoms with van der Waals surface area (Å²) in [5.74, 6) is -0.339. The number of nitrogens with zero attached hydrogens (tertiary/aromatic N) is 1. The number of carbonyl (C=O) groups is 1. The highest BCUT2D eigenvalue weighted by molar-refractivity contribution is 7.47. The van der Waals surface area contributed by atoms with Crippen molar-refractivity contribution in [1.82, 2.24) is 0 Å². The number of esters is 1. The molecule has 0 radical (unpaired) electrons. The third-order valence-electron chi connectivity index (χ3n) is 8.56. The van der Waals surface area contributed by atoms with Crippen LogP contribution in [0.15, 0.2) is 60.8 Å². The lowest BCUT2D eigenvalue weighted by atomic mass is 10.1. The summed E-state index contributed by atoms with van der Waals surface area (Å²) < 4.78 is 34.8. The Balaban J connectivity index is 4.35. The average molecular weight is 767 g/mol. The molecular formula is C44H81NO7P+. The van der Waals surface area contributed by atoms with Gasteiger partial charge in [0.1, 0.15) is 19.3 Å². The second kappa shape index (κ2) is 37.1. The SMILES string of the molecule is CC/C=C\C/C=C\C/C=C\C/C=C\CCCOCC(COP(=O)(O)OCC[N+](C)(C)C)OC(=O)CCCCCCCCC/C=C\CCCCCCCC. The van der Waals surface area contributed by atoms with E-state index in [0.29, 0.717) is 24.1 Å². The number of unbranched alkanes of at least 4 members (excludes halogenated alkanes) is 14. The number of phosphoric ester groups is 1. The molecule has 0 aliphatic carbocycles. The first-order valence-corrected chi connectivity index (χ1v) is 22.5. The molecule has 0 fully saturated rings. The van der Waals surface area contributed by atoms with Gasteiger partial charge in [0.25, 0.3) is 0 Å². The molecule has 308 valence electrons. The van der Waals surface area contributed by atoms with Gasteiger partial charge in [-0.2, -0.15) is 0 Å². The number of carbonyl (C=O) groups excluding carboxylic acids is 1. The van der Waals surface area contributed by atoms with E-state index >= 15 is 0 Å². The minimum atomic E-state index is -4.29. The van der Waals surface area contributed by atoms with Gasteiger partial charge in [0.2, 0.25) is 0 Å². The molecule has 0 aromatic carbocycles. The first kappa shape index (κ1) is 51.2. The number of quaternary nitrogens is 1. The van der Waals surface area contributed by atoms with Gasteiger partial charge in [-0.15, -0.1) is 0 Å². The number of ether oxygens (including phenoxy) is 2. The maximum absolute atomic E-state index is 12.7. The Hall–Kier alpha value is -1.80. The van der Waals surface area contributed by atoms with Crippen LogP contribution in [0.5, 0.6) is 0 Å². The number of hydrogen-bond acceptors (Lipinski definition) is 6. The number of likely N-dealkylation sites (N-methyl/N-ethyl adjacent to an activating group) is 1. The van der Waals surface area contributed by atoms with Crippen molar-refractivity contribution < 1.29 is 37.3 Å². The van der Waals surface area contributed by atoms with Crippen LogP contribution in [0.25, 0.3) is 0 Å². The first-order valence-electron chi connectivity index (χ1n) is 21.0. The number of rotatable bonds is 38. The number of hydrogen-bond donors (Lipinski definition) is 1. The first-order chi connectivity index (χ1) is 25.6. The lowest BCUT2D eigenvalue weighted by Crippen LogP contribution is -2.37. The smallest absolute Gasteiger partial charge is 0.457 e. The Kier molecular flexibility index (Phi) is 35.9. The summed E-state index contributed by atoms with van der Waals surface area (Å²) in [5, 5.41) is 0. The normalized spacial score (nSPS) is 14.5. The van der Waals surface area contributed by atoms with Crippen molar-refractivity contribution in [3.8, 4) is 0 Å². The van der Waals surface area contributed by atoms with E-state index in [2.05, 4.69) is 74.6 Å². The second-order valence-electron chi connectivity index (χ2n) is 15.0. The van der Waals surface area contributed by atoms with E-state index in [1.54, 1.807) is 0 Å². The molecule has 0 aliphatic rings. The lowest BCUT2D eigenvalue weighted by Gasteiger charge is -2.24. The molecule has 0 aliphatic heterocycles. The Morgan fingerprint density at radius 3 is 1.66 bits per heavy atom. The van der Waals surface area contributed by atoms with Crippen molar-refractivity contribution >= 4 is 13.8 Å². The van der Waals surface area contributed by atoms with Crippen molar-refractivity contribution in [3.63, 3.8) is 0 Å². The van der Waals surface area contributed by atoms with Gasteiger partial charge in [-0.3, -0.25) is 13.8 Å². The summed E-state index contributed by atoms with van der Waals surface area (Å²) >= 11 is 0. The standard InChI is InChI=1S/C44H80NO7P/c1-6-8-10-12-14-16-18-20-22-23-24-25-27-29-31-33-35-37-44(46)52-43(42-51-53(47,48)50-40-38-45(3,4)5)41-49-39-36-34-32-30-28-26-21-19-17-15-13-11-9-7-2/h9,11,15,17,20-22,26,30,32,43H,6-8,10,12-14,16,18-19,23-25,27-29,31,33-42H2,1-5H3/p+1/b11-9-,17-15-,22-20-,26-21-,32-30-. The second-order valence-corrected chi connectivity index (χ2v) is 16.4. The lowest BCUT2D eigenvalue weighted by molar-refractivity contribution is -0.870. The van der Waals surface area contributed by atoms with E-state index in [1.165, 1.54) is 77.0 Å². The van der Waals surface area contributed by atoms with Crippen molar-refractivity contribution in [3.05, 3.63) is 60.8 Å². The predicted molar refractivity (Wildman–Crippen MR) is 224 cm³/mol. The van der Waals surface area contributed by atoms with E-state index in [-0.39, 0.29) is 25.8 Å². The summed E-state index contributed by atoms with van der Waals surface area (Å²) in [5.41, 5.74) is 0. The van der Waals surface area contributed by atoms with Crippen LogP contribution >= 0.6 is 7.82 Å². The molecular weight excluding hydrogens is 685 g/mol. The van der Waals surface area contributed by atoms with E-state index in [0.717, 1.165) is 57.8 Å². The Morgan fingerprint density at radius 2 is 1.09 bits per heavy atom.